The summed E-state index contributed by atoms with van der Waals surface area (Å²) in [5, 5.41) is 0.817. The van der Waals surface area contributed by atoms with Gasteiger partial charge in [-0.3, -0.25) is 4.79 Å². The summed E-state index contributed by atoms with van der Waals surface area (Å²) < 4.78 is 15.2. The topological polar surface area (TPSA) is 22.0 Å². The summed E-state index contributed by atoms with van der Waals surface area (Å²) in [5.74, 6) is -0.209. The number of Topliss-reactive ketones (excluding diaryl/α,β-unsaturated/α-hetero) is 1. The summed E-state index contributed by atoms with van der Waals surface area (Å²) >= 11 is 0. The molecule has 1 aliphatic carbocycles. The van der Waals surface area contributed by atoms with Gasteiger partial charge in [-0.1, -0.05) is 0 Å². The van der Waals surface area contributed by atoms with Gasteiger partial charge >= 0.3 is 0 Å². The molecule has 0 spiro atoms. The van der Waals surface area contributed by atoms with E-state index in [1.807, 2.05) is 0 Å². The van der Waals surface area contributed by atoms with E-state index in [2.05, 4.69) is 4.57 Å². The molecule has 0 saturated heterocycles. The molecular formula is C13H12FNO. The van der Waals surface area contributed by atoms with Gasteiger partial charge in [0.1, 0.15) is 5.82 Å². The lowest BCUT2D eigenvalue weighted by Gasteiger charge is -2.06. The van der Waals surface area contributed by atoms with Crippen LogP contribution in [0, 0.1) is 5.82 Å². The number of hydrogen-bond acceptors (Lipinski definition) is 1. The molecule has 1 aliphatic rings. The smallest absolute Gasteiger partial charge is 0.176 e. The van der Waals surface area contributed by atoms with Crippen molar-refractivity contribution in [3.63, 3.8) is 0 Å². The highest BCUT2D eigenvalue weighted by Crippen LogP contribution is 2.39. The van der Waals surface area contributed by atoms with Gasteiger partial charge in [-0.15, -0.1) is 0 Å². The number of benzene rings is 1. The fourth-order valence-electron chi connectivity index (χ4n) is 2.20. The highest BCUT2D eigenvalue weighted by Gasteiger charge is 2.28. The second-order valence-corrected chi connectivity index (χ2v) is 4.39. The van der Waals surface area contributed by atoms with Gasteiger partial charge < -0.3 is 4.57 Å². The Morgan fingerprint density at radius 1 is 1.38 bits per heavy atom. The van der Waals surface area contributed by atoms with E-state index < -0.39 is 0 Å². The van der Waals surface area contributed by atoms with Gasteiger partial charge in [0.25, 0.3) is 0 Å². The van der Waals surface area contributed by atoms with E-state index in [9.17, 15) is 9.18 Å². The van der Waals surface area contributed by atoms with Gasteiger partial charge in [-0.2, -0.15) is 0 Å². The van der Waals surface area contributed by atoms with Gasteiger partial charge in [-0.25, -0.2) is 4.39 Å². The maximum absolute atomic E-state index is 13.1. The molecule has 1 fully saturated rings. The third kappa shape index (κ3) is 1.35. The van der Waals surface area contributed by atoms with E-state index in [-0.39, 0.29) is 11.6 Å². The number of aromatic nitrogens is 1. The van der Waals surface area contributed by atoms with Crippen LogP contribution in [0.25, 0.3) is 10.9 Å². The van der Waals surface area contributed by atoms with Crippen molar-refractivity contribution in [1.82, 2.24) is 4.57 Å². The molecule has 1 aromatic carbocycles. The Hall–Kier alpha value is -1.64. The molecule has 2 nitrogen and oxygen atoms in total. The van der Waals surface area contributed by atoms with Crippen LogP contribution in [0.15, 0.2) is 24.3 Å². The van der Waals surface area contributed by atoms with Gasteiger partial charge in [0, 0.05) is 23.9 Å². The molecule has 1 heterocycles. The lowest BCUT2D eigenvalue weighted by atomic mass is 10.2. The minimum absolute atomic E-state index is 0.0449. The molecule has 0 aliphatic heterocycles. The first-order valence-corrected chi connectivity index (χ1v) is 5.48. The Morgan fingerprint density at radius 3 is 2.75 bits per heavy atom. The van der Waals surface area contributed by atoms with E-state index in [0.29, 0.717) is 11.7 Å². The summed E-state index contributed by atoms with van der Waals surface area (Å²) in [6.07, 6.45) is 2.23. The number of hydrogen-bond donors (Lipinski definition) is 0. The summed E-state index contributed by atoms with van der Waals surface area (Å²) in [6, 6.07) is 6.92. The monoisotopic (exact) mass is 217 g/mol. The molecule has 0 radical (unpaired) electrons. The quantitative estimate of drug-likeness (QED) is 0.707. The second kappa shape index (κ2) is 3.17. The molecule has 1 saturated carbocycles. The number of fused-ring (bicyclic) bond motifs is 1. The van der Waals surface area contributed by atoms with Crippen LogP contribution in [0.2, 0.25) is 0 Å². The highest BCUT2D eigenvalue weighted by atomic mass is 19.1. The van der Waals surface area contributed by atoms with Crippen molar-refractivity contribution in [2.45, 2.75) is 25.8 Å². The lowest BCUT2D eigenvalue weighted by Crippen LogP contribution is -2.04. The molecule has 2 aromatic rings. The summed E-state index contributed by atoms with van der Waals surface area (Å²) in [6.45, 7) is 1.56. The number of ketones is 1. The van der Waals surface area contributed by atoms with E-state index in [4.69, 9.17) is 0 Å². The first-order valence-electron chi connectivity index (χ1n) is 5.48. The van der Waals surface area contributed by atoms with Crippen LogP contribution in [0.3, 0.4) is 0 Å². The van der Waals surface area contributed by atoms with Crippen LogP contribution in [-0.4, -0.2) is 10.4 Å². The van der Waals surface area contributed by atoms with Crippen molar-refractivity contribution in [2.75, 3.05) is 0 Å². The molecular weight excluding hydrogens is 205 g/mol. The van der Waals surface area contributed by atoms with Gasteiger partial charge in [0.15, 0.2) is 5.78 Å². The minimum Gasteiger partial charge on any atom is -0.335 e. The molecule has 3 rings (SSSR count). The van der Waals surface area contributed by atoms with Crippen LogP contribution >= 0.6 is 0 Å². The Bertz CT molecular complexity index is 581. The SMILES string of the molecule is CC(=O)c1cc2cc(F)ccc2n1C1CC1. The predicted molar refractivity (Wildman–Crippen MR) is 60.2 cm³/mol. The van der Waals surface area contributed by atoms with E-state index in [1.165, 1.54) is 12.1 Å². The summed E-state index contributed by atoms with van der Waals surface area (Å²) in [5.41, 5.74) is 1.66. The second-order valence-electron chi connectivity index (χ2n) is 4.39. The zero-order valence-corrected chi connectivity index (χ0v) is 9.03. The van der Waals surface area contributed by atoms with Crippen LogP contribution in [0.4, 0.5) is 4.39 Å². The average molecular weight is 217 g/mol. The number of nitrogens with zero attached hydrogens (tertiary/aromatic N) is 1. The molecule has 0 unspecified atom stereocenters. The molecule has 0 bridgehead atoms. The summed E-state index contributed by atoms with van der Waals surface area (Å²) in [4.78, 5) is 11.5. The van der Waals surface area contributed by atoms with Gasteiger partial charge in [-0.05, 0) is 37.1 Å². The zero-order valence-electron chi connectivity index (χ0n) is 9.03. The third-order valence-electron chi connectivity index (χ3n) is 3.07. The fourth-order valence-corrected chi connectivity index (χ4v) is 2.20. The van der Waals surface area contributed by atoms with Crippen LogP contribution in [0.5, 0.6) is 0 Å². The maximum atomic E-state index is 13.1. The first kappa shape index (κ1) is 9.58. The number of halogens is 1. The maximum Gasteiger partial charge on any atom is 0.176 e. The Morgan fingerprint density at radius 2 is 2.12 bits per heavy atom. The van der Waals surface area contributed by atoms with Crippen LogP contribution in [-0.2, 0) is 0 Å². The van der Waals surface area contributed by atoms with E-state index >= 15 is 0 Å². The van der Waals surface area contributed by atoms with Crippen molar-refractivity contribution in [3.8, 4) is 0 Å². The number of carbonyl (C=O) groups excluding carboxylic acids is 1. The first-order chi connectivity index (χ1) is 7.66. The van der Waals surface area contributed by atoms with Crippen molar-refractivity contribution in [2.24, 2.45) is 0 Å². The fraction of sp³-hybridized carbons (Fsp3) is 0.308. The third-order valence-corrected chi connectivity index (χ3v) is 3.07. The summed E-state index contributed by atoms with van der Waals surface area (Å²) in [7, 11) is 0. The number of rotatable bonds is 2. The molecule has 3 heteroatoms. The Kier molecular flexibility index (Phi) is 1.90. The highest BCUT2D eigenvalue weighted by molar-refractivity contribution is 5.98. The predicted octanol–water partition coefficient (Wildman–Crippen LogP) is 3.32. The minimum atomic E-state index is -0.254. The molecule has 0 amide bonds. The Balaban J connectivity index is 2.32. The molecule has 82 valence electrons. The zero-order chi connectivity index (χ0) is 11.3. The van der Waals surface area contributed by atoms with Crippen molar-refractivity contribution in [3.05, 3.63) is 35.8 Å². The standard InChI is InChI=1S/C13H12FNO/c1-8(16)13-7-9-6-10(14)2-5-12(9)15(13)11-3-4-11/h2,5-7,11H,3-4H2,1H3. The van der Waals surface area contributed by atoms with Gasteiger partial charge in [0.05, 0.1) is 5.69 Å². The average Bonchev–Trinajstić information content (AvgIpc) is 2.99. The van der Waals surface area contributed by atoms with E-state index in [0.717, 1.165) is 23.7 Å². The van der Waals surface area contributed by atoms with E-state index in [1.54, 1.807) is 19.1 Å². The van der Waals surface area contributed by atoms with Crippen LogP contribution < -0.4 is 0 Å². The normalized spacial score (nSPS) is 15.6. The molecule has 0 N–H and O–H groups in total. The van der Waals surface area contributed by atoms with Crippen molar-refractivity contribution in [1.29, 1.82) is 0 Å². The van der Waals surface area contributed by atoms with Crippen molar-refractivity contribution >= 4 is 16.7 Å². The largest absolute Gasteiger partial charge is 0.335 e. The lowest BCUT2D eigenvalue weighted by molar-refractivity contribution is 0.100. The molecule has 16 heavy (non-hydrogen) atoms. The van der Waals surface area contributed by atoms with Gasteiger partial charge in [0.2, 0.25) is 0 Å². The van der Waals surface area contributed by atoms with Crippen molar-refractivity contribution < 1.29 is 9.18 Å². The molecule has 0 atom stereocenters. The molecule has 1 aromatic heterocycles. The number of carbonyl (C=O) groups is 1. The van der Waals surface area contributed by atoms with Crippen LogP contribution in [0.1, 0.15) is 36.3 Å². The Labute approximate surface area is 92.7 Å².